The van der Waals surface area contributed by atoms with E-state index < -0.39 is 11.9 Å². The molecule has 0 spiro atoms. The average Bonchev–Trinajstić information content (AvgIpc) is 3.58. The van der Waals surface area contributed by atoms with Crippen LogP contribution in [0.25, 0.3) is 5.57 Å². The SMILES string of the molecule is COC(=O)c1ccncn1.O=C1CCCCC1.O=C1CCCCC1C(=O)c1ccncn1.c1cc(C2=C3CCCCC3=NC2)ncn1. The number of esters is 1. The molecule has 4 aliphatic rings. The van der Waals surface area contributed by atoms with Gasteiger partial charge in [0.05, 0.1) is 25.3 Å². The van der Waals surface area contributed by atoms with E-state index in [1.807, 2.05) is 6.07 Å². The van der Waals surface area contributed by atoms with Crippen molar-refractivity contribution in [1.82, 2.24) is 29.9 Å². The summed E-state index contributed by atoms with van der Waals surface area (Å²) in [4.78, 5) is 72.4. The summed E-state index contributed by atoms with van der Waals surface area (Å²) in [5.41, 5.74) is 5.80. The summed E-state index contributed by atoms with van der Waals surface area (Å²) >= 11 is 0. The number of ketones is 3. The molecule has 0 bridgehead atoms. The second-order valence-corrected chi connectivity index (χ2v) is 11.4. The molecular formula is C35H41N7O5. The second-order valence-electron chi connectivity index (χ2n) is 11.4. The summed E-state index contributed by atoms with van der Waals surface area (Å²) in [6.07, 6.45) is 22.3. The summed E-state index contributed by atoms with van der Waals surface area (Å²) < 4.78 is 4.41. The van der Waals surface area contributed by atoms with Gasteiger partial charge in [0.2, 0.25) is 0 Å². The maximum absolute atomic E-state index is 11.9. The summed E-state index contributed by atoms with van der Waals surface area (Å²) in [6, 6.07) is 5.03. The molecule has 3 aromatic heterocycles. The Morgan fingerprint density at radius 2 is 1.30 bits per heavy atom. The van der Waals surface area contributed by atoms with Crippen molar-refractivity contribution in [3.05, 3.63) is 78.4 Å². The van der Waals surface area contributed by atoms with Crippen molar-refractivity contribution >= 4 is 34.6 Å². The molecule has 1 aliphatic heterocycles. The fourth-order valence-corrected chi connectivity index (χ4v) is 5.70. The number of nitrogens with zero attached hydrogens (tertiary/aromatic N) is 7. The molecule has 0 saturated heterocycles. The first kappa shape index (κ1) is 35.0. The first-order valence-corrected chi connectivity index (χ1v) is 16.2. The Labute approximate surface area is 274 Å². The lowest BCUT2D eigenvalue weighted by Crippen LogP contribution is -2.27. The number of aliphatic imine (C=N–C) groups is 1. The van der Waals surface area contributed by atoms with Crippen LogP contribution in [-0.2, 0) is 14.3 Å². The molecule has 12 nitrogen and oxygen atoms in total. The van der Waals surface area contributed by atoms with Gasteiger partial charge in [-0.1, -0.05) is 12.8 Å². The van der Waals surface area contributed by atoms with Crippen LogP contribution in [-0.4, -0.2) is 72.6 Å². The van der Waals surface area contributed by atoms with Crippen LogP contribution < -0.4 is 0 Å². The number of fused-ring (bicyclic) bond motifs is 1. The van der Waals surface area contributed by atoms with Gasteiger partial charge in [-0.25, -0.2) is 34.7 Å². The molecule has 12 heteroatoms. The van der Waals surface area contributed by atoms with E-state index in [0.29, 0.717) is 24.3 Å². The van der Waals surface area contributed by atoms with Crippen molar-refractivity contribution in [3.8, 4) is 0 Å². The van der Waals surface area contributed by atoms with Gasteiger partial charge in [-0.15, -0.1) is 0 Å². The number of hydrogen-bond donors (Lipinski definition) is 0. The van der Waals surface area contributed by atoms with Crippen LogP contribution in [0.2, 0.25) is 0 Å². The highest BCUT2D eigenvalue weighted by molar-refractivity contribution is 6.10. The van der Waals surface area contributed by atoms with Gasteiger partial charge in [-0.2, -0.15) is 0 Å². The summed E-state index contributed by atoms with van der Waals surface area (Å²) in [7, 11) is 1.31. The fraction of sp³-hybridized carbons (Fsp3) is 0.457. The Bertz CT molecular complexity index is 1540. The lowest BCUT2D eigenvalue weighted by molar-refractivity contribution is -0.123. The molecule has 4 heterocycles. The highest BCUT2D eigenvalue weighted by Gasteiger charge is 2.30. The standard InChI is InChI=1S/C12H13N3.C11H12N2O2.C6H6N2O2.C6H10O/c1-2-4-11-9(3-1)10(7-14-11)12-5-6-13-8-15-12;14-10-4-2-1-3-8(10)11(15)9-5-6-12-7-13-9;1-10-6(9)5-2-3-7-4-8-5;7-6-4-2-1-3-5-6/h5-6,8H,1-4,7H2;5-8H,1-4H2;2-4H,1H3;1-5H2. The maximum Gasteiger partial charge on any atom is 0.356 e. The third kappa shape index (κ3) is 10.9. The fourth-order valence-electron chi connectivity index (χ4n) is 5.70. The normalized spacial score (nSPS) is 18.5. The Morgan fingerprint density at radius 3 is 1.87 bits per heavy atom. The zero-order valence-electron chi connectivity index (χ0n) is 26.8. The van der Waals surface area contributed by atoms with E-state index in [4.69, 9.17) is 0 Å². The third-order valence-electron chi connectivity index (χ3n) is 8.22. The third-order valence-corrected chi connectivity index (χ3v) is 8.22. The van der Waals surface area contributed by atoms with E-state index in [1.165, 1.54) is 80.8 Å². The Balaban J connectivity index is 0.000000148. The number of aromatic nitrogens is 6. The molecule has 0 aromatic carbocycles. The van der Waals surface area contributed by atoms with Gasteiger partial charge in [-0.3, -0.25) is 19.4 Å². The monoisotopic (exact) mass is 639 g/mol. The minimum atomic E-state index is -0.464. The number of hydrogen-bond acceptors (Lipinski definition) is 12. The quantitative estimate of drug-likeness (QED) is 0.202. The minimum Gasteiger partial charge on any atom is -0.464 e. The van der Waals surface area contributed by atoms with E-state index in [-0.39, 0.29) is 17.3 Å². The molecule has 1 unspecified atom stereocenters. The van der Waals surface area contributed by atoms with Crippen LogP contribution in [0.4, 0.5) is 0 Å². The van der Waals surface area contributed by atoms with Gasteiger partial charge in [0.25, 0.3) is 0 Å². The molecule has 0 N–H and O–H groups in total. The van der Waals surface area contributed by atoms with E-state index in [1.54, 1.807) is 18.6 Å². The van der Waals surface area contributed by atoms with Gasteiger partial charge in [0, 0.05) is 49.1 Å². The van der Waals surface area contributed by atoms with Gasteiger partial charge in [-0.05, 0) is 75.1 Å². The molecule has 0 amide bonds. The first-order chi connectivity index (χ1) is 23.0. The van der Waals surface area contributed by atoms with E-state index in [2.05, 4.69) is 39.6 Å². The zero-order chi connectivity index (χ0) is 33.3. The predicted octanol–water partition coefficient (Wildman–Crippen LogP) is 5.46. The molecule has 0 radical (unpaired) electrons. The predicted molar refractivity (Wildman–Crippen MR) is 175 cm³/mol. The molecule has 1 atom stereocenters. The Kier molecular flexibility index (Phi) is 14.1. The number of ether oxygens (including phenoxy) is 1. The molecule has 3 saturated carbocycles. The molecule has 47 heavy (non-hydrogen) atoms. The van der Waals surface area contributed by atoms with E-state index in [0.717, 1.165) is 57.2 Å². The van der Waals surface area contributed by atoms with Crippen LogP contribution in [0, 0.1) is 5.92 Å². The molecule has 7 rings (SSSR count). The Hall–Kier alpha value is -4.87. The molecular weight excluding hydrogens is 598 g/mol. The van der Waals surface area contributed by atoms with Crippen molar-refractivity contribution < 1.29 is 23.9 Å². The number of rotatable bonds is 4. The van der Waals surface area contributed by atoms with Crippen molar-refractivity contribution in [2.24, 2.45) is 10.9 Å². The maximum atomic E-state index is 11.9. The largest absolute Gasteiger partial charge is 0.464 e. The van der Waals surface area contributed by atoms with Gasteiger partial charge >= 0.3 is 5.97 Å². The van der Waals surface area contributed by atoms with Crippen molar-refractivity contribution in [2.75, 3.05) is 13.7 Å². The lowest BCUT2D eigenvalue weighted by atomic mass is 9.84. The number of Topliss-reactive ketones (excluding diaryl/α,β-unsaturated/α-hetero) is 3. The smallest absolute Gasteiger partial charge is 0.356 e. The topological polar surface area (TPSA) is 167 Å². The highest BCUT2D eigenvalue weighted by atomic mass is 16.5. The van der Waals surface area contributed by atoms with Crippen molar-refractivity contribution in [1.29, 1.82) is 0 Å². The average molecular weight is 640 g/mol. The number of methoxy groups -OCH3 is 1. The number of carbonyl (C=O) groups excluding carboxylic acids is 4. The molecule has 3 aliphatic carbocycles. The molecule has 3 aromatic rings. The van der Waals surface area contributed by atoms with Crippen LogP contribution in [0.5, 0.6) is 0 Å². The first-order valence-electron chi connectivity index (χ1n) is 16.2. The minimum absolute atomic E-state index is 0.0601. The zero-order valence-corrected chi connectivity index (χ0v) is 26.8. The van der Waals surface area contributed by atoms with Gasteiger partial charge < -0.3 is 4.74 Å². The number of allylic oxidation sites excluding steroid dienone is 1. The Morgan fingerprint density at radius 1 is 0.681 bits per heavy atom. The second kappa shape index (κ2) is 18.9. The highest BCUT2D eigenvalue weighted by Crippen LogP contribution is 2.32. The van der Waals surface area contributed by atoms with Crippen LogP contribution in [0.3, 0.4) is 0 Å². The summed E-state index contributed by atoms with van der Waals surface area (Å²) in [5.74, 6) is -0.533. The van der Waals surface area contributed by atoms with E-state index >= 15 is 0 Å². The number of carbonyl (C=O) groups is 4. The van der Waals surface area contributed by atoms with Gasteiger partial charge in [0.1, 0.15) is 36.2 Å². The molecule has 3 fully saturated rings. The van der Waals surface area contributed by atoms with Crippen LogP contribution >= 0.6 is 0 Å². The van der Waals surface area contributed by atoms with Crippen LogP contribution in [0.1, 0.15) is 110 Å². The lowest BCUT2D eigenvalue weighted by Gasteiger charge is -2.18. The van der Waals surface area contributed by atoms with Crippen molar-refractivity contribution in [3.63, 3.8) is 0 Å². The summed E-state index contributed by atoms with van der Waals surface area (Å²) in [6.45, 7) is 0.821. The van der Waals surface area contributed by atoms with E-state index in [9.17, 15) is 19.2 Å². The van der Waals surface area contributed by atoms with Gasteiger partial charge in [0.15, 0.2) is 11.5 Å². The summed E-state index contributed by atoms with van der Waals surface area (Å²) in [5, 5.41) is 0. The van der Waals surface area contributed by atoms with Crippen molar-refractivity contribution in [2.45, 2.75) is 83.5 Å². The molecule has 246 valence electrons. The van der Waals surface area contributed by atoms with Crippen LogP contribution in [0.15, 0.2) is 66.3 Å².